The molecule has 1 aromatic heterocycles. The van der Waals surface area contributed by atoms with Gasteiger partial charge in [0.05, 0.1) is 12.8 Å². The Balaban J connectivity index is 2.18. The molecule has 3 N–H and O–H groups in total. The zero-order valence-electron chi connectivity index (χ0n) is 11.2. The van der Waals surface area contributed by atoms with E-state index in [1.165, 1.54) is 9.75 Å². The molecule has 0 atom stereocenters. The number of methoxy groups -OCH3 is 1. The lowest BCUT2D eigenvalue weighted by Gasteiger charge is -2.11. The lowest BCUT2D eigenvalue weighted by molar-refractivity contribution is 0.100. The Bertz CT molecular complexity index is 621. The molecule has 1 aromatic carbocycles. The zero-order chi connectivity index (χ0) is 14.7. The summed E-state index contributed by atoms with van der Waals surface area (Å²) >= 11 is 5.21. The number of thiophene rings is 1. The number of rotatable bonds is 5. The van der Waals surface area contributed by atoms with Crippen LogP contribution >= 0.6 is 27.3 Å². The standard InChI is InChI=1S/C14H15BrN2O2S/c1-8-11(15)6-10(20-8)7-17-12-5-9(14(16)18)3-4-13(12)19-2/h3-6,17H,7H2,1-2H3,(H2,16,18). The number of nitrogens with one attached hydrogen (secondary N) is 1. The Morgan fingerprint density at radius 3 is 2.75 bits per heavy atom. The van der Waals surface area contributed by atoms with Crippen LogP contribution in [0.1, 0.15) is 20.1 Å². The SMILES string of the molecule is COc1ccc(C(N)=O)cc1NCc1cc(Br)c(C)s1. The molecule has 0 saturated heterocycles. The van der Waals surface area contributed by atoms with Crippen LogP contribution in [0.2, 0.25) is 0 Å². The number of carbonyl (C=O) groups is 1. The van der Waals surface area contributed by atoms with Crippen LogP contribution in [-0.4, -0.2) is 13.0 Å². The molecule has 2 aromatic rings. The Hall–Kier alpha value is -1.53. The first-order valence-corrected chi connectivity index (χ1v) is 7.58. The maximum absolute atomic E-state index is 11.2. The van der Waals surface area contributed by atoms with Crippen LogP contribution in [0.3, 0.4) is 0 Å². The van der Waals surface area contributed by atoms with Gasteiger partial charge in [0.2, 0.25) is 5.91 Å². The number of hydrogen-bond donors (Lipinski definition) is 2. The van der Waals surface area contributed by atoms with Crippen molar-refractivity contribution >= 4 is 38.9 Å². The molecule has 0 fully saturated rings. The average Bonchev–Trinajstić information content (AvgIpc) is 2.75. The van der Waals surface area contributed by atoms with Crippen molar-refractivity contribution in [1.29, 1.82) is 0 Å². The highest BCUT2D eigenvalue weighted by molar-refractivity contribution is 9.10. The van der Waals surface area contributed by atoms with Gasteiger partial charge in [-0.25, -0.2) is 0 Å². The van der Waals surface area contributed by atoms with Gasteiger partial charge in [-0.15, -0.1) is 11.3 Å². The highest BCUT2D eigenvalue weighted by Crippen LogP contribution is 2.29. The molecular weight excluding hydrogens is 340 g/mol. The van der Waals surface area contributed by atoms with Crippen LogP contribution in [0, 0.1) is 6.92 Å². The van der Waals surface area contributed by atoms with Gasteiger partial charge in [-0.1, -0.05) is 0 Å². The van der Waals surface area contributed by atoms with E-state index >= 15 is 0 Å². The molecule has 6 heteroatoms. The molecule has 1 heterocycles. The molecule has 4 nitrogen and oxygen atoms in total. The first-order chi connectivity index (χ1) is 9.51. The van der Waals surface area contributed by atoms with Crippen molar-refractivity contribution in [2.75, 3.05) is 12.4 Å². The van der Waals surface area contributed by atoms with E-state index < -0.39 is 5.91 Å². The number of ether oxygens (including phenoxy) is 1. The number of hydrogen-bond acceptors (Lipinski definition) is 4. The Kier molecular flexibility index (Phi) is 4.67. The molecular formula is C14H15BrN2O2S. The van der Waals surface area contributed by atoms with Crippen LogP contribution in [0.15, 0.2) is 28.7 Å². The minimum absolute atomic E-state index is 0.453. The van der Waals surface area contributed by atoms with Gasteiger partial charge in [-0.2, -0.15) is 0 Å². The number of primary amides is 1. The number of halogens is 1. The summed E-state index contributed by atoms with van der Waals surface area (Å²) < 4.78 is 6.39. The normalized spacial score (nSPS) is 10.3. The first-order valence-electron chi connectivity index (χ1n) is 5.97. The molecule has 2 rings (SSSR count). The number of anilines is 1. The number of carbonyl (C=O) groups excluding carboxylic acids is 1. The van der Waals surface area contributed by atoms with Crippen molar-refractivity contribution in [3.05, 3.63) is 44.1 Å². The fourth-order valence-corrected chi connectivity index (χ4v) is 3.33. The second kappa shape index (κ2) is 6.28. The fourth-order valence-electron chi connectivity index (χ4n) is 1.79. The third kappa shape index (κ3) is 3.32. The van der Waals surface area contributed by atoms with Gasteiger partial charge >= 0.3 is 0 Å². The quantitative estimate of drug-likeness (QED) is 0.862. The van der Waals surface area contributed by atoms with Crippen molar-refractivity contribution in [3.63, 3.8) is 0 Å². The van der Waals surface area contributed by atoms with Crippen molar-refractivity contribution in [2.45, 2.75) is 13.5 Å². The Morgan fingerprint density at radius 2 is 2.20 bits per heavy atom. The average molecular weight is 355 g/mol. The maximum Gasteiger partial charge on any atom is 0.248 e. The van der Waals surface area contributed by atoms with E-state index in [2.05, 4.69) is 34.2 Å². The summed E-state index contributed by atoms with van der Waals surface area (Å²) in [5.74, 6) is 0.229. The summed E-state index contributed by atoms with van der Waals surface area (Å²) in [6, 6.07) is 7.17. The molecule has 0 radical (unpaired) electrons. The number of aryl methyl sites for hydroxylation is 1. The third-order valence-corrected chi connectivity index (χ3v) is 4.98. The van der Waals surface area contributed by atoms with Gasteiger partial charge < -0.3 is 15.8 Å². The fraction of sp³-hybridized carbons (Fsp3) is 0.214. The molecule has 1 amide bonds. The smallest absolute Gasteiger partial charge is 0.248 e. The third-order valence-electron chi connectivity index (χ3n) is 2.85. The summed E-state index contributed by atoms with van der Waals surface area (Å²) in [6.45, 7) is 2.72. The summed E-state index contributed by atoms with van der Waals surface area (Å²) in [7, 11) is 1.59. The van der Waals surface area contributed by atoms with E-state index in [-0.39, 0.29) is 0 Å². The van der Waals surface area contributed by atoms with Crippen molar-refractivity contribution in [3.8, 4) is 5.75 Å². The monoisotopic (exact) mass is 354 g/mol. The topological polar surface area (TPSA) is 64.3 Å². The molecule has 106 valence electrons. The molecule has 0 aliphatic rings. The lowest BCUT2D eigenvalue weighted by atomic mass is 10.1. The summed E-state index contributed by atoms with van der Waals surface area (Å²) in [6.07, 6.45) is 0. The van der Waals surface area contributed by atoms with Crippen molar-refractivity contribution in [2.24, 2.45) is 5.73 Å². The first kappa shape index (κ1) is 14.9. The summed E-state index contributed by atoms with van der Waals surface area (Å²) in [4.78, 5) is 13.7. The Morgan fingerprint density at radius 1 is 1.45 bits per heavy atom. The van der Waals surface area contributed by atoms with Crippen LogP contribution in [-0.2, 0) is 6.54 Å². The van der Waals surface area contributed by atoms with Gasteiger partial charge in [0.15, 0.2) is 0 Å². The molecule has 0 unspecified atom stereocenters. The predicted octanol–water partition coefficient (Wildman–Crippen LogP) is 3.54. The molecule has 0 bridgehead atoms. The lowest BCUT2D eigenvalue weighted by Crippen LogP contribution is -2.11. The van der Waals surface area contributed by atoms with Gasteiger partial charge in [0, 0.05) is 26.3 Å². The van der Waals surface area contributed by atoms with E-state index in [1.807, 2.05) is 0 Å². The second-order valence-corrected chi connectivity index (χ2v) is 6.44. The van der Waals surface area contributed by atoms with E-state index in [9.17, 15) is 4.79 Å². The molecule has 0 aliphatic heterocycles. The molecule has 0 aliphatic carbocycles. The van der Waals surface area contributed by atoms with Gasteiger partial charge in [-0.3, -0.25) is 4.79 Å². The van der Waals surface area contributed by atoms with Crippen molar-refractivity contribution in [1.82, 2.24) is 0 Å². The van der Waals surface area contributed by atoms with Crippen LogP contribution in [0.25, 0.3) is 0 Å². The zero-order valence-corrected chi connectivity index (χ0v) is 13.6. The molecule has 0 saturated carbocycles. The Labute approximate surface area is 130 Å². The number of amides is 1. The summed E-state index contributed by atoms with van der Waals surface area (Å²) in [5, 5.41) is 3.27. The largest absolute Gasteiger partial charge is 0.495 e. The predicted molar refractivity (Wildman–Crippen MR) is 85.6 cm³/mol. The van der Waals surface area contributed by atoms with Gasteiger partial charge in [-0.05, 0) is 47.1 Å². The van der Waals surface area contributed by atoms with Crippen LogP contribution in [0.5, 0.6) is 5.75 Å². The highest BCUT2D eigenvalue weighted by atomic mass is 79.9. The number of benzene rings is 1. The molecule has 0 spiro atoms. The van der Waals surface area contributed by atoms with E-state index in [1.54, 1.807) is 36.6 Å². The maximum atomic E-state index is 11.2. The molecule has 20 heavy (non-hydrogen) atoms. The summed E-state index contributed by atoms with van der Waals surface area (Å²) in [5.41, 5.74) is 6.50. The van der Waals surface area contributed by atoms with E-state index in [4.69, 9.17) is 10.5 Å². The van der Waals surface area contributed by atoms with Crippen molar-refractivity contribution < 1.29 is 9.53 Å². The number of nitrogens with two attached hydrogens (primary N) is 1. The minimum atomic E-state index is -0.453. The highest BCUT2D eigenvalue weighted by Gasteiger charge is 2.09. The van der Waals surface area contributed by atoms with Crippen LogP contribution < -0.4 is 15.8 Å². The van der Waals surface area contributed by atoms with Gasteiger partial charge in [0.1, 0.15) is 5.75 Å². The van der Waals surface area contributed by atoms with Gasteiger partial charge in [0.25, 0.3) is 0 Å². The van der Waals surface area contributed by atoms with Crippen LogP contribution in [0.4, 0.5) is 5.69 Å². The van der Waals surface area contributed by atoms with E-state index in [0.29, 0.717) is 17.9 Å². The second-order valence-electron chi connectivity index (χ2n) is 4.25. The minimum Gasteiger partial charge on any atom is -0.495 e. The van der Waals surface area contributed by atoms with E-state index in [0.717, 1.165) is 10.2 Å².